The molecule has 0 fully saturated rings. The number of halogens is 5. The molecule has 5 aromatic carbocycles. The van der Waals surface area contributed by atoms with Crippen molar-refractivity contribution >= 4 is 33.2 Å². The fourth-order valence-corrected chi connectivity index (χ4v) is 5.81. The summed E-state index contributed by atoms with van der Waals surface area (Å²) in [5.41, 5.74) is -1.01. The van der Waals surface area contributed by atoms with Gasteiger partial charge in [-0.15, -0.1) is 0 Å². The van der Waals surface area contributed by atoms with Gasteiger partial charge in [0.1, 0.15) is 74.9 Å². The molecular weight excluding hydrogens is 687 g/mol. The standard InChI is InChI=1S/C40H15F5N8/c41-26-8-1-20(2-9-26)33-34(21-3-10-27(42)11-4-21)51-38-32(25(18-48)19-49)40-39(31(37(38)50-33)24(16-46)17-47)52-35(22-5-12-28(43)13-6-22)36(53-40)23-7-14-29(44)30(45)15-23/h1-15H. The second-order valence-corrected chi connectivity index (χ2v) is 11.3. The average Bonchev–Trinajstić information content (AvgIpc) is 3.17. The minimum absolute atomic E-state index is 0.00444. The monoisotopic (exact) mass is 702 g/mol. The second kappa shape index (κ2) is 13.4. The lowest BCUT2D eigenvalue weighted by atomic mass is 9.99. The molecule has 0 atom stereocenters. The highest BCUT2D eigenvalue weighted by atomic mass is 19.2. The van der Waals surface area contributed by atoms with Crippen LogP contribution in [0.15, 0.2) is 91.0 Å². The Hall–Kier alpha value is -7.87. The van der Waals surface area contributed by atoms with Gasteiger partial charge >= 0.3 is 0 Å². The topological polar surface area (TPSA) is 147 Å². The molecule has 0 unspecified atom stereocenters. The molecule has 7 rings (SSSR count). The molecule has 250 valence electrons. The Morgan fingerprint density at radius 2 is 0.660 bits per heavy atom. The van der Waals surface area contributed by atoms with Crippen LogP contribution in [-0.2, 0) is 0 Å². The van der Waals surface area contributed by atoms with Gasteiger partial charge in [0.25, 0.3) is 0 Å². The van der Waals surface area contributed by atoms with Crippen LogP contribution >= 0.6 is 0 Å². The molecule has 0 saturated carbocycles. The zero-order valence-corrected chi connectivity index (χ0v) is 26.6. The van der Waals surface area contributed by atoms with Gasteiger partial charge in [0.05, 0.1) is 33.2 Å². The van der Waals surface area contributed by atoms with Gasteiger partial charge in [0.15, 0.2) is 11.6 Å². The van der Waals surface area contributed by atoms with Gasteiger partial charge in [-0.1, -0.05) is 0 Å². The Kier molecular flexibility index (Phi) is 8.53. The summed E-state index contributed by atoms with van der Waals surface area (Å²) in [6.45, 7) is 0. The zero-order chi connectivity index (χ0) is 37.4. The van der Waals surface area contributed by atoms with Crippen molar-refractivity contribution in [2.75, 3.05) is 0 Å². The molecule has 0 spiro atoms. The molecule has 13 heteroatoms. The highest BCUT2D eigenvalue weighted by Gasteiger charge is 2.24. The number of fused-ring (bicyclic) bond motifs is 2. The van der Waals surface area contributed by atoms with E-state index in [2.05, 4.69) is 0 Å². The first-order valence-electron chi connectivity index (χ1n) is 15.3. The van der Waals surface area contributed by atoms with Crippen molar-refractivity contribution in [3.63, 3.8) is 0 Å². The molecule has 0 aliphatic heterocycles. The third kappa shape index (κ3) is 5.91. The van der Waals surface area contributed by atoms with E-state index in [0.29, 0.717) is 11.1 Å². The van der Waals surface area contributed by atoms with Gasteiger partial charge < -0.3 is 0 Å². The molecule has 0 aliphatic carbocycles. The Balaban J connectivity index is 1.80. The molecular formula is C40H15F5N8. The first-order chi connectivity index (χ1) is 25.6. The predicted octanol–water partition coefficient (Wildman–Crippen LogP) is 7.33. The van der Waals surface area contributed by atoms with Crippen LogP contribution in [0.3, 0.4) is 0 Å². The first kappa shape index (κ1) is 33.6. The highest BCUT2D eigenvalue weighted by Crippen LogP contribution is 2.34. The third-order valence-electron chi connectivity index (χ3n) is 8.23. The van der Waals surface area contributed by atoms with E-state index in [1.54, 1.807) is 0 Å². The minimum atomic E-state index is -1.23. The van der Waals surface area contributed by atoms with E-state index in [-0.39, 0.29) is 66.4 Å². The summed E-state index contributed by atoms with van der Waals surface area (Å²) >= 11 is 0. The predicted molar refractivity (Wildman–Crippen MR) is 183 cm³/mol. The lowest BCUT2D eigenvalue weighted by molar-refractivity contribution is 0.509. The number of nitriles is 4. The van der Waals surface area contributed by atoms with E-state index >= 15 is 0 Å². The maximum absolute atomic E-state index is 14.7. The largest absolute Gasteiger partial charge is 0.243 e. The van der Waals surface area contributed by atoms with Crippen LogP contribution in [0.2, 0.25) is 0 Å². The van der Waals surface area contributed by atoms with Crippen molar-refractivity contribution in [2.45, 2.75) is 0 Å². The number of nitrogens with zero attached hydrogens (tertiary/aromatic N) is 8. The number of hydrogen-bond acceptors (Lipinski definition) is 8. The Morgan fingerprint density at radius 1 is 0.377 bits per heavy atom. The molecule has 2 heterocycles. The number of aromatic nitrogens is 4. The Bertz CT molecular complexity index is 2940. The van der Waals surface area contributed by atoms with E-state index in [0.717, 1.165) is 36.4 Å². The van der Waals surface area contributed by atoms with Gasteiger partial charge in [-0.05, 0) is 91.0 Å². The van der Waals surface area contributed by atoms with E-state index in [9.17, 15) is 43.0 Å². The smallest absolute Gasteiger partial charge is 0.159 e. The van der Waals surface area contributed by atoms with Gasteiger partial charge in [0.2, 0.25) is 0 Å². The second-order valence-electron chi connectivity index (χ2n) is 11.3. The van der Waals surface area contributed by atoms with Crippen LogP contribution < -0.4 is 10.4 Å². The van der Waals surface area contributed by atoms with Crippen LogP contribution in [0, 0.1) is 74.4 Å². The molecule has 0 amide bonds. The Labute approximate surface area is 295 Å². The minimum Gasteiger partial charge on any atom is -0.243 e. The van der Waals surface area contributed by atoms with Crippen molar-refractivity contribution in [1.82, 2.24) is 19.9 Å². The van der Waals surface area contributed by atoms with Crippen LogP contribution in [0.5, 0.6) is 0 Å². The fraction of sp³-hybridized carbons (Fsp3) is 0. The van der Waals surface area contributed by atoms with Crippen LogP contribution in [-0.4, -0.2) is 19.9 Å². The fourth-order valence-electron chi connectivity index (χ4n) is 5.81. The molecule has 0 aliphatic rings. The Morgan fingerprint density at radius 3 is 0.943 bits per heavy atom. The third-order valence-corrected chi connectivity index (χ3v) is 8.23. The molecule has 0 saturated heterocycles. The lowest BCUT2D eigenvalue weighted by Gasteiger charge is -2.15. The number of benzene rings is 5. The summed E-state index contributed by atoms with van der Waals surface area (Å²) in [5.74, 6) is -4.12. The average molecular weight is 703 g/mol. The molecule has 0 bridgehead atoms. The summed E-state index contributed by atoms with van der Waals surface area (Å²) in [4.78, 5) is 19.2. The maximum Gasteiger partial charge on any atom is 0.159 e. The summed E-state index contributed by atoms with van der Waals surface area (Å²) < 4.78 is 71.1. The van der Waals surface area contributed by atoms with Crippen molar-refractivity contribution < 1.29 is 22.0 Å². The molecule has 7 aromatic rings. The van der Waals surface area contributed by atoms with Gasteiger partial charge in [-0.2, -0.15) is 21.0 Å². The van der Waals surface area contributed by atoms with Gasteiger partial charge in [-0.25, -0.2) is 41.9 Å². The summed E-state index contributed by atoms with van der Waals surface area (Å²) in [7, 11) is 0. The number of rotatable bonds is 4. The normalized spacial score (nSPS) is 10.7. The summed E-state index contributed by atoms with van der Waals surface area (Å²) in [6.07, 6.45) is 0. The van der Waals surface area contributed by atoms with Crippen molar-refractivity contribution in [2.24, 2.45) is 0 Å². The van der Waals surface area contributed by atoms with E-state index in [4.69, 9.17) is 19.9 Å². The molecule has 8 nitrogen and oxygen atoms in total. The van der Waals surface area contributed by atoms with Crippen molar-refractivity contribution in [3.05, 3.63) is 131 Å². The van der Waals surface area contributed by atoms with Crippen LogP contribution in [0.1, 0.15) is 0 Å². The van der Waals surface area contributed by atoms with Crippen molar-refractivity contribution in [3.8, 4) is 69.3 Å². The SMILES string of the molecule is N#CC(C#N)=c1c2nc(-c3ccc(F)cc3)c(-c3ccc(F)cc3)nc2c(=C(C#N)C#N)c2nc(-c3ccc(F)c(F)c3)c(-c3ccc(F)cc3)nc12. The molecule has 0 N–H and O–H groups in total. The van der Waals surface area contributed by atoms with Crippen molar-refractivity contribution in [1.29, 1.82) is 21.0 Å². The van der Waals surface area contributed by atoms with E-state index < -0.39 is 40.2 Å². The van der Waals surface area contributed by atoms with Crippen LogP contribution in [0.25, 0.3) is 78.2 Å². The summed E-state index contributed by atoms with van der Waals surface area (Å²) in [5, 5.41) is 40.5. The quantitative estimate of drug-likeness (QED) is 0.137. The highest BCUT2D eigenvalue weighted by molar-refractivity contribution is 6.03. The molecule has 2 aromatic heterocycles. The van der Waals surface area contributed by atoms with Crippen LogP contribution in [0.4, 0.5) is 22.0 Å². The van der Waals surface area contributed by atoms with Gasteiger partial charge in [0, 0.05) is 22.3 Å². The maximum atomic E-state index is 14.7. The molecule has 0 radical (unpaired) electrons. The van der Waals surface area contributed by atoms with E-state index in [1.807, 2.05) is 24.3 Å². The lowest BCUT2D eigenvalue weighted by Crippen LogP contribution is -2.24. The first-order valence-corrected chi connectivity index (χ1v) is 15.3. The zero-order valence-electron chi connectivity index (χ0n) is 26.6. The number of hydrogen-bond donors (Lipinski definition) is 0. The summed E-state index contributed by atoms with van der Waals surface area (Å²) in [6, 6.07) is 25.4. The van der Waals surface area contributed by atoms with Gasteiger partial charge in [-0.3, -0.25) is 0 Å². The van der Waals surface area contributed by atoms with E-state index in [1.165, 1.54) is 54.6 Å². The molecule has 53 heavy (non-hydrogen) atoms.